The Kier molecular flexibility index (Phi) is 6.73. The summed E-state index contributed by atoms with van der Waals surface area (Å²) in [5.74, 6) is 2.11. The maximum Gasteiger partial charge on any atom is 0.315 e. The molecule has 17 heavy (non-hydrogen) atoms. The van der Waals surface area contributed by atoms with Crippen LogP contribution in [0.4, 0.5) is 4.79 Å². The van der Waals surface area contributed by atoms with Crippen LogP contribution in [0.2, 0.25) is 0 Å². The van der Waals surface area contributed by atoms with Gasteiger partial charge in [0.25, 0.3) is 0 Å². The van der Waals surface area contributed by atoms with Crippen molar-refractivity contribution in [2.75, 3.05) is 31.4 Å². The molecule has 102 valence electrons. The molecule has 1 fully saturated rings. The number of nitrogens with one attached hydrogen (secondary N) is 2. The van der Waals surface area contributed by atoms with E-state index in [2.05, 4.69) is 23.1 Å². The summed E-state index contributed by atoms with van der Waals surface area (Å²) in [6, 6.07) is 0.183. The predicted octanol–water partition coefficient (Wildman–Crippen LogP) is 1.10. The van der Waals surface area contributed by atoms with Crippen LogP contribution in [-0.4, -0.2) is 48.6 Å². The molecule has 0 heterocycles. The molecular formula is C12H26N2O2S. The second-order valence-corrected chi connectivity index (χ2v) is 7.64. The van der Waals surface area contributed by atoms with Gasteiger partial charge in [0.15, 0.2) is 0 Å². The first-order valence-electron chi connectivity index (χ1n) is 6.41. The van der Waals surface area contributed by atoms with Crippen molar-refractivity contribution < 1.29 is 9.90 Å². The molecule has 1 aliphatic rings. The number of aliphatic hydroxyl groups excluding tert-OH is 1. The average Bonchev–Trinajstić information content (AvgIpc) is 2.26. The Bertz CT molecular complexity index is 237. The van der Waals surface area contributed by atoms with Crippen molar-refractivity contribution in [2.24, 2.45) is 5.92 Å². The number of hydrogen-bond acceptors (Lipinski definition) is 2. The lowest BCUT2D eigenvalue weighted by atomic mass is 9.87. The quantitative estimate of drug-likeness (QED) is 0.561. The minimum atomic E-state index is -0.139. The van der Waals surface area contributed by atoms with E-state index < -0.39 is 0 Å². The third-order valence-corrected chi connectivity index (χ3v) is 4.39. The summed E-state index contributed by atoms with van der Waals surface area (Å²) in [6.07, 6.45) is 9.39. The van der Waals surface area contributed by atoms with Gasteiger partial charge in [0.05, 0.1) is 6.61 Å². The molecule has 0 aromatic carbocycles. The van der Waals surface area contributed by atoms with Crippen molar-refractivity contribution in [3.63, 3.8) is 0 Å². The fraction of sp³-hybridized carbons (Fsp3) is 0.917. The minimum absolute atomic E-state index is 0.00330. The van der Waals surface area contributed by atoms with Crippen molar-refractivity contribution in [1.82, 2.24) is 10.6 Å². The molecule has 0 aromatic heterocycles. The molecule has 1 saturated carbocycles. The van der Waals surface area contributed by atoms with E-state index in [1.807, 2.05) is 0 Å². The number of amides is 2. The van der Waals surface area contributed by atoms with Crippen molar-refractivity contribution in [1.29, 1.82) is 0 Å². The van der Waals surface area contributed by atoms with Crippen LogP contribution >= 0.6 is 10.9 Å². The Hall–Kier alpha value is -0.420. The second kappa shape index (κ2) is 7.82. The van der Waals surface area contributed by atoms with E-state index >= 15 is 0 Å². The highest BCUT2D eigenvalue weighted by Crippen LogP contribution is 2.30. The van der Waals surface area contributed by atoms with E-state index in [-0.39, 0.29) is 23.5 Å². The number of aliphatic hydroxyl groups is 1. The first-order chi connectivity index (χ1) is 8.11. The van der Waals surface area contributed by atoms with Gasteiger partial charge in [-0.2, -0.15) is 0 Å². The van der Waals surface area contributed by atoms with E-state index in [4.69, 9.17) is 5.11 Å². The smallest absolute Gasteiger partial charge is 0.315 e. The van der Waals surface area contributed by atoms with E-state index in [1.54, 1.807) is 0 Å². The highest BCUT2D eigenvalue weighted by Gasteiger charge is 2.23. The van der Waals surface area contributed by atoms with Gasteiger partial charge < -0.3 is 15.7 Å². The molecule has 1 rings (SSSR count). The molecule has 4 nitrogen and oxygen atoms in total. The molecule has 2 amide bonds. The highest BCUT2D eigenvalue weighted by atomic mass is 32.2. The zero-order valence-electron chi connectivity index (χ0n) is 10.9. The molecule has 0 spiro atoms. The molecule has 5 heteroatoms. The highest BCUT2D eigenvalue weighted by molar-refractivity contribution is 8.15. The lowest BCUT2D eigenvalue weighted by Gasteiger charge is -2.31. The fourth-order valence-corrected chi connectivity index (χ4v) is 3.87. The SMILES string of the molecule is C[SH](C)CC1CCCC(NC(=O)NCCO)C1. The molecule has 0 radical (unpaired) electrons. The number of urea groups is 1. The van der Waals surface area contributed by atoms with Crippen LogP contribution in [-0.2, 0) is 0 Å². The summed E-state index contributed by atoms with van der Waals surface area (Å²) in [5.41, 5.74) is 0. The predicted molar refractivity (Wildman–Crippen MR) is 75.1 cm³/mol. The zero-order chi connectivity index (χ0) is 12.7. The molecule has 3 N–H and O–H groups in total. The topological polar surface area (TPSA) is 61.4 Å². The summed E-state index contributed by atoms with van der Waals surface area (Å²) >= 11 is 0. The van der Waals surface area contributed by atoms with Crippen LogP contribution in [0.25, 0.3) is 0 Å². The van der Waals surface area contributed by atoms with Gasteiger partial charge in [0, 0.05) is 12.6 Å². The molecule has 0 saturated heterocycles. The Morgan fingerprint density at radius 1 is 1.41 bits per heavy atom. The van der Waals surface area contributed by atoms with Crippen LogP contribution in [0.5, 0.6) is 0 Å². The third-order valence-electron chi connectivity index (χ3n) is 3.14. The first-order valence-corrected chi connectivity index (χ1v) is 8.84. The maximum absolute atomic E-state index is 11.5. The van der Waals surface area contributed by atoms with Crippen molar-refractivity contribution >= 4 is 16.9 Å². The number of thiol groups is 1. The van der Waals surface area contributed by atoms with Crippen molar-refractivity contribution in [3.8, 4) is 0 Å². The van der Waals surface area contributed by atoms with Gasteiger partial charge in [-0.1, -0.05) is 6.42 Å². The van der Waals surface area contributed by atoms with Crippen LogP contribution in [0.15, 0.2) is 0 Å². The summed E-state index contributed by atoms with van der Waals surface area (Å²) in [5, 5.41) is 14.3. The van der Waals surface area contributed by atoms with Crippen LogP contribution in [0, 0.1) is 5.92 Å². The van der Waals surface area contributed by atoms with Crippen molar-refractivity contribution in [2.45, 2.75) is 31.7 Å². The summed E-state index contributed by atoms with van der Waals surface area (Å²) in [7, 11) is 0.167. The Morgan fingerprint density at radius 3 is 2.82 bits per heavy atom. The van der Waals surface area contributed by atoms with Crippen molar-refractivity contribution in [3.05, 3.63) is 0 Å². The molecule has 2 unspecified atom stereocenters. The maximum atomic E-state index is 11.5. The largest absolute Gasteiger partial charge is 0.395 e. The van der Waals surface area contributed by atoms with Crippen LogP contribution in [0.1, 0.15) is 25.7 Å². The second-order valence-electron chi connectivity index (χ2n) is 5.12. The Balaban J connectivity index is 2.26. The van der Waals surface area contributed by atoms with Gasteiger partial charge in [-0.15, -0.1) is 0 Å². The number of hydrogen-bond donors (Lipinski definition) is 4. The van der Waals surface area contributed by atoms with Crippen LogP contribution < -0.4 is 10.6 Å². The standard InChI is InChI=1S/C12H26N2O2S/c1-17(2)9-10-4-3-5-11(8-10)14-12(16)13-6-7-15/h10-11,15,17H,3-9H2,1-2H3,(H2,13,14,16). The third kappa shape index (κ3) is 6.17. The van der Waals surface area contributed by atoms with Gasteiger partial charge in [-0.3, -0.25) is 10.9 Å². The summed E-state index contributed by atoms with van der Waals surface area (Å²) in [4.78, 5) is 11.5. The zero-order valence-corrected chi connectivity index (χ0v) is 11.8. The van der Waals surface area contributed by atoms with Gasteiger partial charge in [0.2, 0.25) is 0 Å². The Labute approximate surface area is 107 Å². The fourth-order valence-electron chi connectivity index (χ4n) is 2.51. The van der Waals surface area contributed by atoms with Gasteiger partial charge in [0.1, 0.15) is 0 Å². The Morgan fingerprint density at radius 2 is 2.18 bits per heavy atom. The van der Waals surface area contributed by atoms with Gasteiger partial charge in [-0.05, 0) is 43.4 Å². The first kappa shape index (κ1) is 14.6. The van der Waals surface area contributed by atoms with E-state index in [0.717, 1.165) is 18.8 Å². The van der Waals surface area contributed by atoms with E-state index in [0.29, 0.717) is 12.6 Å². The molecular weight excluding hydrogens is 236 g/mol. The summed E-state index contributed by atoms with van der Waals surface area (Å²) < 4.78 is 0. The van der Waals surface area contributed by atoms with E-state index in [1.165, 1.54) is 18.6 Å². The van der Waals surface area contributed by atoms with Gasteiger partial charge in [-0.25, -0.2) is 4.79 Å². The molecule has 1 aliphatic carbocycles. The normalized spacial score (nSPS) is 25.2. The average molecular weight is 262 g/mol. The lowest BCUT2D eigenvalue weighted by molar-refractivity contribution is 0.222. The van der Waals surface area contributed by atoms with Gasteiger partial charge >= 0.3 is 6.03 Å². The molecule has 0 aliphatic heterocycles. The molecule has 2 atom stereocenters. The summed E-state index contributed by atoms with van der Waals surface area (Å²) in [6.45, 7) is 0.327. The number of carbonyl (C=O) groups excluding carboxylic acids is 1. The number of carbonyl (C=O) groups is 1. The molecule has 0 aromatic rings. The number of rotatable bonds is 5. The van der Waals surface area contributed by atoms with Crippen LogP contribution in [0.3, 0.4) is 0 Å². The monoisotopic (exact) mass is 262 g/mol. The van der Waals surface area contributed by atoms with E-state index in [9.17, 15) is 4.79 Å². The molecule has 0 bridgehead atoms. The lowest BCUT2D eigenvalue weighted by Crippen LogP contribution is -2.45. The minimum Gasteiger partial charge on any atom is -0.395 e.